The zero-order chi connectivity index (χ0) is 22.7. The number of nitrogens with zero attached hydrogens (tertiary/aromatic N) is 3. The van der Waals surface area contributed by atoms with E-state index in [2.05, 4.69) is 16.7 Å². The van der Waals surface area contributed by atoms with Gasteiger partial charge in [-0.25, -0.2) is 0 Å². The number of anilines is 2. The van der Waals surface area contributed by atoms with Crippen molar-refractivity contribution in [2.75, 3.05) is 36.5 Å². The Bertz CT molecular complexity index is 1120. The second kappa shape index (κ2) is 9.60. The number of nitrogens with one attached hydrogen (secondary N) is 2. The van der Waals surface area contributed by atoms with Crippen LogP contribution in [0.1, 0.15) is 39.2 Å². The number of rotatable bonds is 4. The molecule has 1 amide bonds. The van der Waals surface area contributed by atoms with E-state index in [1.165, 1.54) is 28.3 Å². The first kappa shape index (κ1) is 22.1. The maximum Gasteiger partial charge on any atom is 0.270 e. The Kier molecular flexibility index (Phi) is 6.64. The number of ether oxygens (including phenoxy) is 1. The summed E-state index contributed by atoms with van der Waals surface area (Å²) in [6.07, 6.45) is 3.95. The van der Waals surface area contributed by atoms with Crippen LogP contribution in [-0.2, 0) is 17.6 Å². The topological polar surface area (TPSA) is 121 Å². The number of nitriles is 1. The van der Waals surface area contributed by atoms with Gasteiger partial charge in [0.05, 0.1) is 35.0 Å². The number of amides is 1. The first-order valence-electron chi connectivity index (χ1n) is 10.3. The number of hydrogen-bond acceptors (Lipinski definition) is 8. The Labute approximate surface area is 194 Å². The molecular formula is C21H21N5O4S2. The maximum atomic E-state index is 13.1. The first-order chi connectivity index (χ1) is 15.5. The molecule has 0 spiro atoms. The third kappa shape index (κ3) is 4.57. The molecule has 2 aliphatic rings. The van der Waals surface area contributed by atoms with Crippen molar-refractivity contribution in [3.05, 3.63) is 49.9 Å². The highest BCUT2D eigenvalue weighted by atomic mass is 32.1. The minimum atomic E-state index is -0.549. The smallest absolute Gasteiger partial charge is 0.270 e. The molecule has 1 aliphatic carbocycles. The zero-order valence-electron chi connectivity index (χ0n) is 17.2. The molecule has 9 nitrogen and oxygen atoms in total. The molecule has 1 aromatic heterocycles. The van der Waals surface area contributed by atoms with E-state index < -0.39 is 10.8 Å². The number of nitro groups is 1. The van der Waals surface area contributed by atoms with Crippen LogP contribution in [0.4, 0.5) is 16.4 Å². The van der Waals surface area contributed by atoms with E-state index in [9.17, 15) is 20.2 Å². The third-order valence-corrected chi connectivity index (χ3v) is 6.94. The molecule has 2 N–H and O–H groups in total. The Hall–Kier alpha value is -3.07. The van der Waals surface area contributed by atoms with Crippen molar-refractivity contribution in [2.45, 2.75) is 25.7 Å². The van der Waals surface area contributed by atoms with Crippen LogP contribution >= 0.6 is 23.6 Å². The second-order valence-electron chi connectivity index (χ2n) is 7.49. The molecule has 2 heterocycles. The van der Waals surface area contributed by atoms with Gasteiger partial charge in [-0.3, -0.25) is 20.2 Å². The minimum Gasteiger partial charge on any atom is -0.378 e. The van der Waals surface area contributed by atoms with Gasteiger partial charge in [-0.15, -0.1) is 11.3 Å². The molecule has 0 unspecified atom stereocenters. The quantitative estimate of drug-likeness (QED) is 0.396. The van der Waals surface area contributed by atoms with E-state index in [1.807, 2.05) is 4.90 Å². The summed E-state index contributed by atoms with van der Waals surface area (Å²) in [4.78, 5) is 26.9. The summed E-state index contributed by atoms with van der Waals surface area (Å²) >= 11 is 6.82. The van der Waals surface area contributed by atoms with Gasteiger partial charge < -0.3 is 15.0 Å². The van der Waals surface area contributed by atoms with Gasteiger partial charge in [0.1, 0.15) is 11.1 Å². The number of carbonyl (C=O) groups excluding carboxylic acids is 1. The number of non-ortho nitro benzene ring substituents is 1. The van der Waals surface area contributed by atoms with Crippen LogP contribution < -0.4 is 15.5 Å². The molecular weight excluding hydrogens is 450 g/mol. The molecule has 11 heteroatoms. The van der Waals surface area contributed by atoms with Gasteiger partial charge >= 0.3 is 0 Å². The lowest BCUT2D eigenvalue weighted by molar-refractivity contribution is -0.384. The van der Waals surface area contributed by atoms with Crippen LogP contribution in [-0.4, -0.2) is 42.2 Å². The molecule has 1 aliphatic heterocycles. The second-order valence-corrected chi connectivity index (χ2v) is 9.01. The highest BCUT2D eigenvalue weighted by Gasteiger charge is 2.24. The van der Waals surface area contributed by atoms with E-state index in [4.69, 9.17) is 17.0 Å². The Morgan fingerprint density at radius 2 is 2.03 bits per heavy atom. The number of nitro benzene ring substituents is 1. The molecule has 1 saturated heterocycles. The van der Waals surface area contributed by atoms with Crippen molar-refractivity contribution in [3.63, 3.8) is 0 Å². The van der Waals surface area contributed by atoms with E-state index in [-0.39, 0.29) is 16.4 Å². The standard InChI is InChI=1S/C21H21N5O4S2/c22-12-16-14-3-1-2-4-18(14)32-20(16)24-21(31)23-19(27)15-11-13(26(28)29)5-6-17(15)25-7-9-30-10-8-25/h5-6,11H,1-4,7-10H2,(H2,23,24,27,31). The summed E-state index contributed by atoms with van der Waals surface area (Å²) in [6, 6.07) is 6.47. The molecule has 32 heavy (non-hydrogen) atoms. The fraction of sp³-hybridized carbons (Fsp3) is 0.381. The van der Waals surface area contributed by atoms with Crippen molar-refractivity contribution in [3.8, 4) is 6.07 Å². The van der Waals surface area contributed by atoms with Gasteiger partial charge in [0.25, 0.3) is 11.6 Å². The molecule has 1 fully saturated rings. The molecule has 4 rings (SSSR count). The zero-order valence-corrected chi connectivity index (χ0v) is 18.8. The number of fused-ring (bicyclic) bond motifs is 1. The first-order valence-corrected chi connectivity index (χ1v) is 11.5. The van der Waals surface area contributed by atoms with E-state index in [0.29, 0.717) is 42.6 Å². The van der Waals surface area contributed by atoms with Crippen LogP contribution in [0.15, 0.2) is 18.2 Å². The summed E-state index contributed by atoms with van der Waals surface area (Å²) < 4.78 is 5.36. The number of thiophene rings is 1. The Morgan fingerprint density at radius 1 is 1.28 bits per heavy atom. The SMILES string of the molecule is N#Cc1c(NC(=S)NC(=O)c2cc([N+](=O)[O-])ccc2N2CCOCC2)sc2c1CCCC2. The van der Waals surface area contributed by atoms with Gasteiger partial charge in [-0.2, -0.15) is 5.26 Å². The molecule has 0 saturated carbocycles. The van der Waals surface area contributed by atoms with Crippen molar-refractivity contribution >= 4 is 51.0 Å². The summed E-state index contributed by atoms with van der Waals surface area (Å²) in [5, 5.41) is 27.1. The molecule has 0 bridgehead atoms. The lowest BCUT2D eigenvalue weighted by Crippen LogP contribution is -2.39. The Balaban J connectivity index is 1.55. The fourth-order valence-electron chi connectivity index (χ4n) is 3.98. The monoisotopic (exact) mass is 471 g/mol. The predicted octanol–water partition coefficient (Wildman–Crippen LogP) is 3.37. The number of aryl methyl sites for hydroxylation is 1. The summed E-state index contributed by atoms with van der Waals surface area (Å²) in [6.45, 7) is 2.18. The van der Waals surface area contributed by atoms with E-state index >= 15 is 0 Å². The average molecular weight is 472 g/mol. The summed E-state index contributed by atoms with van der Waals surface area (Å²) in [7, 11) is 0. The van der Waals surface area contributed by atoms with Crippen LogP contribution in [0.2, 0.25) is 0 Å². The minimum absolute atomic E-state index is 0.0459. The number of thiocarbonyl (C=S) groups is 1. The Morgan fingerprint density at radius 3 is 2.75 bits per heavy atom. The van der Waals surface area contributed by atoms with Gasteiger partial charge in [0, 0.05) is 30.1 Å². The average Bonchev–Trinajstić information content (AvgIpc) is 3.15. The van der Waals surface area contributed by atoms with Crippen LogP contribution in [0.5, 0.6) is 0 Å². The van der Waals surface area contributed by atoms with Gasteiger partial charge in [-0.1, -0.05) is 0 Å². The van der Waals surface area contributed by atoms with Crippen molar-refractivity contribution in [2.24, 2.45) is 0 Å². The van der Waals surface area contributed by atoms with Crippen LogP contribution in [0, 0.1) is 21.4 Å². The summed E-state index contributed by atoms with van der Waals surface area (Å²) in [5.74, 6) is -0.549. The van der Waals surface area contributed by atoms with Crippen molar-refractivity contribution in [1.29, 1.82) is 5.26 Å². The normalized spacial score (nSPS) is 15.4. The predicted molar refractivity (Wildman–Crippen MR) is 125 cm³/mol. The lowest BCUT2D eigenvalue weighted by Gasteiger charge is -2.30. The lowest BCUT2D eigenvalue weighted by atomic mass is 9.96. The van der Waals surface area contributed by atoms with Gasteiger partial charge in [0.15, 0.2) is 5.11 Å². The molecule has 166 valence electrons. The molecule has 0 atom stereocenters. The van der Waals surface area contributed by atoms with E-state index in [1.54, 1.807) is 6.07 Å². The third-order valence-electron chi connectivity index (χ3n) is 5.52. The van der Waals surface area contributed by atoms with Gasteiger partial charge in [0.2, 0.25) is 0 Å². The summed E-state index contributed by atoms with van der Waals surface area (Å²) in [5.41, 5.74) is 2.21. The fourth-order valence-corrected chi connectivity index (χ4v) is 5.48. The molecule has 2 aromatic rings. The number of benzene rings is 1. The van der Waals surface area contributed by atoms with Crippen molar-refractivity contribution in [1.82, 2.24) is 5.32 Å². The van der Waals surface area contributed by atoms with Gasteiger partial charge in [-0.05, 0) is 49.5 Å². The largest absolute Gasteiger partial charge is 0.378 e. The molecule has 1 aromatic carbocycles. The highest BCUT2D eigenvalue weighted by Crippen LogP contribution is 2.37. The number of carbonyl (C=O) groups is 1. The molecule has 0 radical (unpaired) electrons. The van der Waals surface area contributed by atoms with Crippen LogP contribution in [0.25, 0.3) is 0 Å². The number of hydrogen-bond donors (Lipinski definition) is 2. The maximum absolute atomic E-state index is 13.1. The van der Waals surface area contributed by atoms with Crippen molar-refractivity contribution < 1.29 is 14.5 Å². The van der Waals surface area contributed by atoms with Crippen LogP contribution in [0.3, 0.4) is 0 Å². The van der Waals surface area contributed by atoms with E-state index in [0.717, 1.165) is 31.2 Å². The highest BCUT2D eigenvalue weighted by molar-refractivity contribution is 7.80. The number of morpholine rings is 1.